The van der Waals surface area contributed by atoms with Crippen molar-refractivity contribution in [3.63, 3.8) is 0 Å². The number of likely N-dealkylation sites (tertiary alicyclic amines) is 1. The number of aliphatic hydroxyl groups is 2. The first-order valence-corrected chi connectivity index (χ1v) is 11.9. The predicted molar refractivity (Wildman–Crippen MR) is 128 cm³/mol. The standard InChI is InChI=1S/C27H37NO5/c1-6-9-28-26(32)20-13-16(3)23(21(14-29)24(20)27(28)33)22(30)8-7-15(2)10-19-11-17(4)25(31)18(5)12-19/h10-12,20-22,24,29-31H,6-9,13-14H2,1-5H3/b15-10+/t20-,21+,22-,24-/m1/s1. The maximum Gasteiger partial charge on any atom is 0.233 e. The van der Waals surface area contributed by atoms with Crippen molar-refractivity contribution in [2.24, 2.45) is 17.8 Å². The molecule has 0 bridgehead atoms. The Kier molecular flexibility index (Phi) is 7.80. The van der Waals surface area contributed by atoms with Crippen LogP contribution in [0.25, 0.3) is 6.08 Å². The molecular weight excluding hydrogens is 418 g/mol. The van der Waals surface area contributed by atoms with Crippen LogP contribution in [0.4, 0.5) is 0 Å². The summed E-state index contributed by atoms with van der Waals surface area (Å²) in [5.41, 5.74) is 5.38. The Balaban J connectivity index is 1.76. The quantitative estimate of drug-likeness (QED) is 0.408. The van der Waals surface area contributed by atoms with Crippen molar-refractivity contribution in [2.45, 2.75) is 66.4 Å². The Morgan fingerprint density at radius 3 is 2.39 bits per heavy atom. The fourth-order valence-corrected chi connectivity index (χ4v) is 5.58. The molecule has 0 radical (unpaired) electrons. The van der Waals surface area contributed by atoms with Crippen LogP contribution in [-0.2, 0) is 9.59 Å². The number of allylic oxidation sites excluding steroid dienone is 2. The van der Waals surface area contributed by atoms with Crippen LogP contribution in [0.5, 0.6) is 5.75 Å². The normalized spacial score (nSPS) is 24.5. The molecule has 2 aliphatic rings. The first kappa shape index (κ1) is 25.2. The van der Waals surface area contributed by atoms with E-state index in [1.807, 2.05) is 46.8 Å². The monoisotopic (exact) mass is 455 g/mol. The van der Waals surface area contributed by atoms with Gasteiger partial charge in [0.2, 0.25) is 11.8 Å². The number of phenolic OH excluding ortho intramolecular Hbond substituents is 1. The molecular formula is C27H37NO5. The van der Waals surface area contributed by atoms with Crippen molar-refractivity contribution in [3.05, 3.63) is 45.5 Å². The highest BCUT2D eigenvalue weighted by atomic mass is 16.3. The molecule has 0 saturated carbocycles. The molecule has 6 heteroatoms. The average Bonchev–Trinajstić information content (AvgIpc) is 2.99. The molecule has 2 amide bonds. The van der Waals surface area contributed by atoms with Gasteiger partial charge in [0.15, 0.2) is 0 Å². The summed E-state index contributed by atoms with van der Waals surface area (Å²) >= 11 is 0. The molecule has 0 spiro atoms. The SMILES string of the molecule is CCCN1C(=O)[C@@H]2[C@@H](CC(C)=C([C@H](O)CC/C(C)=C/c3cc(C)c(O)c(C)c3)[C@@H]2CO)C1=O. The molecule has 1 aromatic rings. The van der Waals surface area contributed by atoms with E-state index in [0.717, 1.165) is 33.4 Å². The van der Waals surface area contributed by atoms with E-state index < -0.39 is 23.9 Å². The molecule has 3 rings (SSSR count). The van der Waals surface area contributed by atoms with Crippen LogP contribution in [0.3, 0.4) is 0 Å². The minimum Gasteiger partial charge on any atom is -0.507 e. The van der Waals surface area contributed by atoms with Gasteiger partial charge in [-0.2, -0.15) is 0 Å². The van der Waals surface area contributed by atoms with Gasteiger partial charge in [0.1, 0.15) is 5.75 Å². The summed E-state index contributed by atoms with van der Waals surface area (Å²) in [6.07, 6.45) is 3.55. The number of carbonyl (C=O) groups is 2. The summed E-state index contributed by atoms with van der Waals surface area (Å²) in [6.45, 7) is 9.73. The van der Waals surface area contributed by atoms with Crippen LogP contribution in [0.1, 0.15) is 63.1 Å². The van der Waals surface area contributed by atoms with E-state index in [4.69, 9.17) is 0 Å². The molecule has 3 N–H and O–H groups in total. The highest BCUT2D eigenvalue weighted by Gasteiger charge is 2.53. The lowest BCUT2D eigenvalue weighted by Gasteiger charge is -2.35. The van der Waals surface area contributed by atoms with Gasteiger partial charge >= 0.3 is 0 Å². The number of carbonyl (C=O) groups excluding carboxylic acids is 2. The van der Waals surface area contributed by atoms with Crippen molar-refractivity contribution in [1.82, 2.24) is 4.90 Å². The van der Waals surface area contributed by atoms with Crippen molar-refractivity contribution in [3.8, 4) is 5.75 Å². The average molecular weight is 456 g/mol. The van der Waals surface area contributed by atoms with E-state index in [9.17, 15) is 24.9 Å². The molecule has 1 aliphatic carbocycles. The number of rotatable bonds is 8. The van der Waals surface area contributed by atoms with Gasteiger partial charge in [-0.3, -0.25) is 14.5 Å². The number of aliphatic hydroxyl groups excluding tert-OH is 2. The highest BCUT2D eigenvalue weighted by Crippen LogP contribution is 2.46. The fraction of sp³-hybridized carbons (Fsp3) is 0.556. The molecule has 0 aromatic heterocycles. The van der Waals surface area contributed by atoms with Gasteiger partial charge < -0.3 is 15.3 Å². The third-order valence-electron chi connectivity index (χ3n) is 7.16. The molecule has 1 heterocycles. The number of aromatic hydroxyl groups is 1. The third kappa shape index (κ3) is 4.92. The van der Waals surface area contributed by atoms with Gasteiger partial charge in [-0.05, 0) is 87.8 Å². The van der Waals surface area contributed by atoms with E-state index in [0.29, 0.717) is 38.0 Å². The van der Waals surface area contributed by atoms with Crippen LogP contribution in [-0.4, -0.2) is 51.3 Å². The second-order valence-corrected chi connectivity index (χ2v) is 9.74. The maximum atomic E-state index is 13.0. The second-order valence-electron chi connectivity index (χ2n) is 9.74. The summed E-state index contributed by atoms with van der Waals surface area (Å²) < 4.78 is 0. The molecule has 1 saturated heterocycles. The summed E-state index contributed by atoms with van der Waals surface area (Å²) in [7, 11) is 0. The lowest BCUT2D eigenvalue weighted by molar-refractivity contribution is -0.140. The zero-order chi connectivity index (χ0) is 24.4. The minimum atomic E-state index is -0.780. The summed E-state index contributed by atoms with van der Waals surface area (Å²) in [4.78, 5) is 27.1. The van der Waals surface area contributed by atoms with Crippen LogP contribution in [0.15, 0.2) is 28.9 Å². The van der Waals surface area contributed by atoms with E-state index >= 15 is 0 Å². The Labute approximate surface area is 196 Å². The van der Waals surface area contributed by atoms with Crippen molar-refractivity contribution >= 4 is 17.9 Å². The number of phenols is 1. The number of hydrogen-bond acceptors (Lipinski definition) is 5. The smallest absolute Gasteiger partial charge is 0.233 e. The second kappa shape index (κ2) is 10.2. The van der Waals surface area contributed by atoms with Gasteiger partial charge in [-0.15, -0.1) is 0 Å². The lowest BCUT2D eigenvalue weighted by atomic mass is 9.68. The fourth-order valence-electron chi connectivity index (χ4n) is 5.58. The molecule has 1 aromatic carbocycles. The number of imide groups is 1. The Morgan fingerprint density at radius 1 is 1.18 bits per heavy atom. The minimum absolute atomic E-state index is 0.142. The van der Waals surface area contributed by atoms with Gasteiger partial charge in [0.05, 0.1) is 24.5 Å². The van der Waals surface area contributed by atoms with Crippen LogP contribution >= 0.6 is 0 Å². The van der Waals surface area contributed by atoms with Gasteiger partial charge in [-0.25, -0.2) is 0 Å². The number of benzene rings is 1. The molecule has 33 heavy (non-hydrogen) atoms. The van der Waals surface area contributed by atoms with E-state index in [1.54, 1.807) is 0 Å². The zero-order valence-corrected chi connectivity index (χ0v) is 20.4. The number of fused-ring (bicyclic) bond motifs is 1. The number of aryl methyl sites for hydroxylation is 2. The third-order valence-corrected chi connectivity index (χ3v) is 7.16. The number of amides is 2. The molecule has 0 unspecified atom stereocenters. The van der Waals surface area contributed by atoms with Crippen LogP contribution in [0, 0.1) is 31.6 Å². The van der Waals surface area contributed by atoms with Crippen LogP contribution in [0.2, 0.25) is 0 Å². The zero-order valence-electron chi connectivity index (χ0n) is 20.4. The highest BCUT2D eigenvalue weighted by molar-refractivity contribution is 6.05. The molecule has 180 valence electrons. The van der Waals surface area contributed by atoms with E-state index in [2.05, 4.69) is 6.08 Å². The summed E-state index contributed by atoms with van der Waals surface area (Å²) in [6, 6.07) is 3.87. The number of hydrogen-bond donors (Lipinski definition) is 3. The van der Waals surface area contributed by atoms with Gasteiger partial charge in [-0.1, -0.05) is 24.1 Å². The van der Waals surface area contributed by atoms with E-state index in [-0.39, 0.29) is 18.4 Å². The summed E-state index contributed by atoms with van der Waals surface area (Å²) in [5, 5.41) is 31.2. The molecule has 6 nitrogen and oxygen atoms in total. The van der Waals surface area contributed by atoms with Gasteiger partial charge in [0, 0.05) is 12.5 Å². The Morgan fingerprint density at radius 2 is 1.82 bits per heavy atom. The van der Waals surface area contributed by atoms with Gasteiger partial charge in [0.25, 0.3) is 0 Å². The molecule has 4 atom stereocenters. The van der Waals surface area contributed by atoms with Crippen molar-refractivity contribution in [2.75, 3.05) is 13.2 Å². The van der Waals surface area contributed by atoms with Crippen LogP contribution < -0.4 is 0 Å². The van der Waals surface area contributed by atoms with Crippen molar-refractivity contribution < 1.29 is 24.9 Å². The van der Waals surface area contributed by atoms with Crippen molar-refractivity contribution in [1.29, 1.82) is 0 Å². The first-order chi connectivity index (χ1) is 15.6. The topological polar surface area (TPSA) is 98.1 Å². The van der Waals surface area contributed by atoms with E-state index in [1.165, 1.54) is 4.90 Å². The Bertz CT molecular complexity index is 969. The summed E-state index contributed by atoms with van der Waals surface area (Å²) in [5.74, 6) is -1.58. The predicted octanol–water partition coefficient (Wildman–Crippen LogP) is 3.89. The number of nitrogens with zero attached hydrogens (tertiary/aromatic N) is 1. The lowest BCUT2D eigenvalue weighted by Crippen LogP contribution is -2.38. The Hall–Kier alpha value is -2.44. The maximum absolute atomic E-state index is 13.0. The molecule has 1 aliphatic heterocycles. The first-order valence-electron chi connectivity index (χ1n) is 11.9. The molecule has 1 fully saturated rings. The largest absolute Gasteiger partial charge is 0.507 e.